The van der Waals surface area contributed by atoms with E-state index in [4.69, 9.17) is 4.74 Å². The van der Waals surface area contributed by atoms with Gasteiger partial charge in [0.25, 0.3) is 5.91 Å². The Morgan fingerprint density at radius 3 is 2.17 bits per heavy atom. The van der Waals surface area contributed by atoms with Gasteiger partial charge >= 0.3 is 0 Å². The molecule has 0 aliphatic carbocycles. The zero-order valence-electron chi connectivity index (χ0n) is 23.3. The molecule has 0 saturated carbocycles. The topological polar surface area (TPSA) is 96.0 Å². The highest BCUT2D eigenvalue weighted by molar-refractivity contribution is 7.89. The van der Waals surface area contributed by atoms with E-state index < -0.39 is 28.6 Å². The molecule has 0 aromatic heterocycles. The van der Waals surface area contributed by atoms with E-state index in [0.717, 1.165) is 16.7 Å². The Morgan fingerprint density at radius 2 is 1.48 bits per heavy atom. The molecule has 9 heteroatoms. The Hall–Kier alpha value is -4.47. The zero-order valence-corrected chi connectivity index (χ0v) is 24.2. The molecule has 1 atom stereocenters. The summed E-state index contributed by atoms with van der Waals surface area (Å²) in [6, 6.07) is 32.6. The minimum Gasteiger partial charge on any atom is -0.477 e. The summed E-state index contributed by atoms with van der Waals surface area (Å²) in [4.78, 5) is 28.6. The lowest BCUT2D eigenvalue weighted by Crippen LogP contribution is -2.53. The number of rotatable bonds is 10. The predicted octanol–water partition coefficient (Wildman–Crippen LogP) is 4.34. The van der Waals surface area contributed by atoms with Crippen molar-refractivity contribution in [3.05, 3.63) is 126 Å². The van der Waals surface area contributed by atoms with E-state index in [9.17, 15) is 18.0 Å². The number of benzene rings is 4. The maximum Gasteiger partial charge on any atom is 0.263 e. The van der Waals surface area contributed by atoms with Crippen molar-refractivity contribution in [2.75, 3.05) is 24.5 Å². The third-order valence-electron chi connectivity index (χ3n) is 7.14. The molecule has 8 nitrogen and oxygen atoms in total. The number of anilines is 1. The summed E-state index contributed by atoms with van der Waals surface area (Å²) < 4.78 is 34.8. The van der Waals surface area contributed by atoms with Crippen molar-refractivity contribution < 1.29 is 22.7 Å². The average Bonchev–Trinajstić information content (AvgIpc) is 3.02. The highest BCUT2D eigenvalue weighted by Gasteiger charge is 2.36. The van der Waals surface area contributed by atoms with Crippen LogP contribution in [-0.2, 0) is 32.6 Å². The predicted molar refractivity (Wildman–Crippen MR) is 162 cm³/mol. The molecule has 1 unspecified atom stereocenters. The second kappa shape index (κ2) is 13.0. The molecule has 4 aromatic carbocycles. The van der Waals surface area contributed by atoms with E-state index in [0.29, 0.717) is 24.4 Å². The molecule has 5 rings (SSSR count). The van der Waals surface area contributed by atoms with Gasteiger partial charge in [0.15, 0.2) is 6.10 Å². The Morgan fingerprint density at radius 1 is 0.857 bits per heavy atom. The Balaban J connectivity index is 1.38. The number of ether oxygens (including phenoxy) is 1. The van der Waals surface area contributed by atoms with Crippen LogP contribution in [0.15, 0.2) is 114 Å². The molecule has 0 fully saturated rings. The number of carbonyl (C=O) groups is 2. The number of sulfonamides is 1. The van der Waals surface area contributed by atoms with Crippen LogP contribution in [0.25, 0.3) is 0 Å². The van der Waals surface area contributed by atoms with Gasteiger partial charge < -0.3 is 15.0 Å². The lowest BCUT2D eigenvalue weighted by Gasteiger charge is -2.35. The first-order valence-electron chi connectivity index (χ1n) is 13.8. The van der Waals surface area contributed by atoms with Crippen LogP contribution in [0.4, 0.5) is 5.69 Å². The van der Waals surface area contributed by atoms with Gasteiger partial charge in [-0.2, -0.15) is 4.31 Å². The maximum absolute atomic E-state index is 13.9. The normalized spacial score (nSPS) is 14.6. The van der Waals surface area contributed by atoms with E-state index in [2.05, 4.69) is 5.32 Å². The highest BCUT2D eigenvalue weighted by Crippen LogP contribution is 2.33. The van der Waals surface area contributed by atoms with E-state index >= 15 is 0 Å². The minimum atomic E-state index is -3.99. The molecule has 2 amide bonds. The van der Waals surface area contributed by atoms with Gasteiger partial charge in [-0.15, -0.1) is 0 Å². The summed E-state index contributed by atoms with van der Waals surface area (Å²) in [5.41, 5.74) is 3.32. The van der Waals surface area contributed by atoms with Gasteiger partial charge in [-0.3, -0.25) is 9.59 Å². The molecule has 0 bridgehead atoms. The van der Waals surface area contributed by atoms with Gasteiger partial charge in [0.1, 0.15) is 5.75 Å². The number of para-hydroxylation sites is 2. The Labute approximate surface area is 246 Å². The Kier molecular flexibility index (Phi) is 9.00. The third kappa shape index (κ3) is 6.87. The fraction of sp³-hybridized carbons (Fsp3) is 0.212. The number of amides is 2. The van der Waals surface area contributed by atoms with Gasteiger partial charge in [-0.1, -0.05) is 90.5 Å². The fourth-order valence-electron chi connectivity index (χ4n) is 4.78. The van der Waals surface area contributed by atoms with Crippen molar-refractivity contribution in [1.29, 1.82) is 0 Å². The van der Waals surface area contributed by atoms with Crippen molar-refractivity contribution in [3.63, 3.8) is 0 Å². The molecule has 1 aliphatic rings. The average molecular weight is 584 g/mol. The summed E-state index contributed by atoms with van der Waals surface area (Å²) in [6.45, 7) is 1.87. The van der Waals surface area contributed by atoms with E-state index in [1.165, 1.54) is 9.21 Å². The van der Waals surface area contributed by atoms with Gasteiger partial charge in [0.05, 0.1) is 23.7 Å². The summed E-state index contributed by atoms with van der Waals surface area (Å²) >= 11 is 0. The van der Waals surface area contributed by atoms with Crippen molar-refractivity contribution >= 4 is 27.5 Å². The zero-order chi connectivity index (χ0) is 29.5. The molecule has 216 valence electrons. The first-order valence-corrected chi connectivity index (χ1v) is 15.2. The van der Waals surface area contributed by atoms with Crippen LogP contribution < -0.4 is 15.0 Å². The van der Waals surface area contributed by atoms with Gasteiger partial charge in [0.2, 0.25) is 15.9 Å². The number of hydrogen-bond acceptors (Lipinski definition) is 5. The van der Waals surface area contributed by atoms with Crippen LogP contribution in [0.2, 0.25) is 0 Å². The number of nitrogens with zero attached hydrogens (tertiary/aromatic N) is 2. The quantitative estimate of drug-likeness (QED) is 0.300. The highest BCUT2D eigenvalue weighted by atomic mass is 32.2. The third-order valence-corrected chi connectivity index (χ3v) is 9.00. The van der Waals surface area contributed by atoms with Crippen LogP contribution in [0.1, 0.15) is 16.7 Å². The van der Waals surface area contributed by atoms with Crippen molar-refractivity contribution in [3.8, 4) is 5.75 Å². The van der Waals surface area contributed by atoms with Crippen LogP contribution in [0.5, 0.6) is 5.75 Å². The monoisotopic (exact) mass is 583 g/mol. The summed E-state index contributed by atoms with van der Waals surface area (Å²) in [7, 11) is -3.99. The molecular weight excluding hydrogens is 550 g/mol. The molecule has 4 aromatic rings. The van der Waals surface area contributed by atoms with Crippen molar-refractivity contribution in [1.82, 2.24) is 9.62 Å². The Bertz CT molecular complexity index is 1630. The van der Waals surface area contributed by atoms with Crippen LogP contribution in [0, 0.1) is 6.92 Å². The molecule has 1 N–H and O–H groups in total. The molecular formula is C33H33N3O5S. The van der Waals surface area contributed by atoms with Gasteiger partial charge in [0, 0.05) is 13.1 Å². The first-order chi connectivity index (χ1) is 20.3. The number of carbonyl (C=O) groups excluding carboxylic acids is 2. The molecule has 42 heavy (non-hydrogen) atoms. The minimum absolute atomic E-state index is 0.0480. The first kappa shape index (κ1) is 29.0. The number of hydrogen-bond donors (Lipinski definition) is 1. The number of nitrogens with one attached hydrogen (secondary N) is 1. The summed E-state index contributed by atoms with van der Waals surface area (Å²) in [6.07, 6.45) is -0.525. The van der Waals surface area contributed by atoms with E-state index in [1.807, 2.05) is 67.6 Å². The van der Waals surface area contributed by atoms with E-state index in [1.54, 1.807) is 48.5 Å². The largest absolute Gasteiger partial charge is 0.477 e. The standard InChI is InChI=1S/C33H33N3O5S/c1-25-16-18-28(19-17-25)42(39,40)35(21-20-26-10-4-2-5-11-26)24-32(37)36-23-31(41-30-15-9-8-14-29(30)36)33(38)34-22-27-12-6-3-7-13-27/h2-19,31H,20-24H2,1H3,(H,34,38). The molecule has 0 saturated heterocycles. The molecule has 1 heterocycles. The number of fused-ring (bicyclic) bond motifs is 1. The van der Waals surface area contributed by atoms with Crippen molar-refractivity contribution in [2.24, 2.45) is 0 Å². The van der Waals surface area contributed by atoms with Gasteiger partial charge in [-0.25, -0.2) is 8.42 Å². The summed E-state index contributed by atoms with van der Waals surface area (Å²) in [5, 5.41) is 2.88. The van der Waals surface area contributed by atoms with E-state index in [-0.39, 0.29) is 23.9 Å². The maximum atomic E-state index is 13.9. The van der Waals surface area contributed by atoms with Gasteiger partial charge in [-0.05, 0) is 48.7 Å². The SMILES string of the molecule is Cc1ccc(S(=O)(=O)N(CCc2ccccc2)CC(=O)N2CC(C(=O)NCc3ccccc3)Oc3ccccc32)cc1. The van der Waals surface area contributed by atoms with Crippen molar-refractivity contribution in [2.45, 2.75) is 30.9 Å². The number of aryl methyl sites for hydroxylation is 1. The molecule has 0 spiro atoms. The lowest BCUT2D eigenvalue weighted by molar-refractivity contribution is -0.128. The second-order valence-electron chi connectivity index (χ2n) is 10.2. The molecule has 1 aliphatic heterocycles. The lowest BCUT2D eigenvalue weighted by atomic mass is 10.1. The smallest absolute Gasteiger partial charge is 0.263 e. The van der Waals surface area contributed by atoms with Crippen LogP contribution >= 0.6 is 0 Å². The summed E-state index contributed by atoms with van der Waals surface area (Å²) in [5.74, 6) is -0.427. The molecule has 0 radical (unpaired) electrons. The van der Waals surface area contributed by atoms with Crippen LogP contribution in [0.3, 0.4) is 0 Å². The van der Waals surface area contributed by atoms with Crippen LogP contribution in [-0.4, -0.2) is 50.3 Å². The fourth-order valence-corrected chi connectivity index (χ4v) is 6.17. The second-order valence-corrected chi connectivity index (χ2v) is 12.1.